The molecule has 1 aliphatic heterocycles. The zero-order valence-corrected chi connectivity index (χ0v) is 20.0. The number of aliphatic imine (C=N–C) groups is 1. The average Bonchev–Trinajstić information content (AvgIpc) is 3.11. The van der Waals surface area contributed by atoms with Gasteiger partial charge in [-0.1, -0.05) is 35.9 Å². The van der Waals surface area contributed by atoms with Gasteiger partial charge >= 0.3 is 0 Å². The highest BCUT2D eigenvalue weighted by molar-refractivity contribution is 7.90. The third-order valence-corrected chi connectivity index (χ3v) is 7.75. The monoisotopic (exact) mass is 453 g/mol. The van der Waals surface area contributed by atoms with Crippen LogP contribution in [0.3, 0.4) is 0 Å². The Bertz CT molecular complexity index is 1280. The van der Waals surface area contributed by atoms with Gasteiger partial charge in [-0.2, -0.15) is 0 Å². The first kappa shape index (κ1) is 21.6. The Balaban J connectivity index is 1.83. The summed E-state index contributed by atoms with van der Waals surface area (Å²) in [6.45, 7) is 10.1. The zero-order valence-electron chi connectivity index (χ0n) is 18.4. The molecule has 162 valence electrons. The van der Waals surface area contributed by atoms with E-state index in [1.165, 1.54) is 0 Å². The molecule has 31 heavy (non-hydrogen) atoms. The molecule has 4 rings (SSSR count). The first-order valence-electron chi connectivity index (χ1n) is 10.2. The molecule has 0 spiro atoms. The van der Waals surface area contributed by atoms with E-state index in [0.29, 0.717) is 5.84 Å². The van der Waals surface area contributed by atoms with Crippen LogP contribution in [0.4, 0.5) is 0 Å². The molecule has 0 saturated heterocycles. The minimum atomic E-state index is -3.78. The van der Waals surface area contributed by atoms with Crippen LogP contribution < -0.4 is 4.72 Å². The fourth-order valence-corrected chi connectivity index (χ4v) is 5.88. The van der Waals surface area contributed by atoms with E-state index in [-0.39, 0.29) is 10.9 Å². The summed E-state index contributed by atoms with van der Waals surface area (Å²) >= 11 is 1.64. The van der Waals surface area contributed by atoms with Gasteiger partial charge in [-0.25, -0.2) is 13.4 Å². The fraction of sp³-hybridized carbons (Fsp3) is 0.292. The van der Waals surface area contributed by atoms with Crippen molar-refractivity contribution in [3.05, 3.63) is 71.2 Å². The van der Waals surface area contributed by atoms with Gasteiger partial charge in [-0.05, 0) is 58.2 Å². The number of thiophene rings is 1. The molecule has 0 unspecified atom stereocenters. The smallest absolute Gasteiger partial charge is 0.263 e. The average molecular weight is 454 g/mol. The second kappa shape index (κ2) is 7.80. The van der Waals surface area contributed by atoms with Crippen LogP contribution in [0.1, 0.15) is 38.8 Å². The van der Waals surface area contributed by atoms with Crippen molar-refractivity contribution in [3.63, 3.8) is 0 Å². The number of amidine groups is 1. The molecule has 0 saturated carbocycles. The number of benzene rings is 2. The molecule has 0 amide bonds. The molecule has 5 nitrogen and oxygen atoms in total. The number of nitrogens with zero attached hydrogens (tertiary/aromatic N) is 2. The minimum Gasteiger partial charge on any atom is -0.351 e. The van der Waals surface area contributed by atoms with Gasteiger partial charge in [0.05, 0.1) is 4.90 Å². The van der Waals surface area contributed by atoms with Crippen LogP contribution >= 0.6 is 11.3 Å². The lowest BCUT2D eigenvalue weighted by atomic mass is 10.0. The summed E-state index contributed by atoms with van der Waals surface area (Å²) in [6, 6.07) is 15.2. The Labute approximate surface area is 188 Å². The lowest BCUT2D eigenvalue weighted by Crippen LogP contribution is -2.48. The Morgan fingerprint density at radius 1 is 1.06 bits per heavy atom. The number of hydrogen-bond acceptors (Lipinski definition) is 5. The van der Waals surface area contributed by atoms with Crippen molar-refractivity contribution in [1.29, 1.82) is 0 Å². The maximum absolute atomic E-state index is 13.2. The van der Waals surface area contributed by atoms with Crippen molar-refractivity contribution in [2.24, 2.45) is 4.99 Å². The van der Waals surface area contributed by atoms with Crippen LogP contribution in [-0.4, -0.2) is 30.9 Å². The Kier molecular flexibility index (Phi) is 5.43. The Morgan fingerprint density at radius 2 is 1.74 bits per heavy atom. The van der Waals surface area contributed by atoms with Gasteiger partial charge < -0.3 is 4.90 Å². The number of nitrogens with one attached hydrogen (secondary N) is 1. The zero-order chi connectivity index (χ0) is 22.4. The molecule has 1 aliphatic rings. The van der Waals surface area contributed by atoms with E-state index >= 15 is 0 Å². The normalized spacial score (nSPS) is 16.4. The van der Waals surface area contributed by atoms with E-state index in [4.69, 9.17) is 4.99 Å². The topological polar surface area (TPSA) is 61.8 Å². The molecule has 0 fully saturated rings. The highest BCUT2D eigenvalue weighted by Gasteiger charge is 2.34. The van der Waals surface area contributed by atoms with Crippen molar-refractivity contribution in [1.82, 2.24) is 9.62 Å². The predicted molar refractivity (Wildman–Crippen MR) is 130 cm³/mol. The number of aryl methyl sites for hydroxylation is 1. The quantitative estimate of drug-likeness (QED) is 0.576. The Morgan fingerprint density at radius 3 is 2.42 bits per heavy atom. The van der Waals surface area contributed by atoms with Gasteiger partial charge in [0.25, 0.3) is 10.0 Å². The molecule has 2 heterocycles. The van der Waals surface area contributed by atoms with Gasteiger partial charge in [0.15, 0.2) is 0 Å². The second-order valence-corrected chi connectivity index (χ2v) is 11.2. The molecule has 3 aromatic rings. The first-order valence-corrected chi connectivity index (χ1v) is 12.6. The minimum absolute atomic E-state index is 0.203. The third kappa shape index (κ3) is 4.12. The first-order chi connectivity index (χ1) is 14.6. The Hall–Kier alpha value is -2.64. The summed E-state index contributed by atoms with van der Waals surface area (Å²) in [5.74, 6) is 0.367. The van der Waals surface area contributed by atoms with Crippen LogP contribution in [0.5, 0.6) is 0 Å². The largest absolute Gasteiger partial charge is 0.351 e. The van der Waals surface area contributed by atoms with E-state index in [2.05, 4.69) is 41.0 Å². The molecule has 1 aromatic heterocycles. The summed E-state index contributed by atoms with van der Waals surface area (Å²) in [5.41, 5.74) is 2.18. The van der Waals surface area contributed by atoms with Crippen molar-refractivity contribution < 1.29 is 8.42 Å². The summed E-state index contributed by atoms with van der Waals surface area (Å²) < 4.78 is 30.3. The van der Waals surface area contributed by atoms with Crippen molar-refractivity contribution in [2.45, 2.75) is 51.2 Å². The molecule has 0 radical (unpaired) electrons. The lowest BCUT2D eigenvalue weighted by molar-refractivity contribution is 0.153. The number of hydrogen-bond donors (Lipinski definition) is 1. The van der Waals surface area contributed by atoms with Crippen LogP contribution in [0.15, 0.2) is 70.0 Å². The molecule has 0 atom stereocenters. The lowest BCUT2D eigenvalue weighted by Gasteiger charge is -2.42. The van der Waals surface area contributed by atoms with Gasteiger partial charge in [0.2, 0.25) is 0 Å². The van der Waals surface area contributed by atoms with Crippen LogP contribution in [0.2, 0.25) is 0 Å². The van der Waals surface area contributed by atoms with Crippen molar-refractivity contribution in [3.8, 4) is 0 Å². The van der Waals surface area contributed by atoms with Gasteiger partial charge in [0.1, 0.15) is 11.5 Å². The maximum atomic E-state index is 13.2. The molecular weight excluding hydrogens is 426 g/mol. The third-order valence-electron chi connectivity index (χ3n) is 5.43. The molecular formula is C24H27N3O2S2. The molecule has 1 N–H and O–H groups in total. The summed E-state index contributed by atoms with van der Waals surface area (Å²) in [5, 5.41) is 3.16. The molecule has 2 aromatic carbocycles. The highest BCUT2D eigenvalue weighted by atomic mass is 32.2. The van der Waals surface area contributed by atoms with Crippen LogP contribution in [0.25, 0.3) is 15.7 Å². The molecule has 0 bridgehead atoms. The summed E-state index contributed by atoms with van der Waals surface area (Å²) in [7, 11) is -3.78. The fourth-order valence-electron chi connectivity index (χ4n) is 3.90. The summed E-state index contributed by atoms with van der Waals surface area (Å²) in [4.78, 5) is 7.26. The van der Waals surface area contributed by atoms with E-state index < -0.39 is 15.7 Å². The summed E-state index contributed by atoms with van der Waals surface area (Å²) in [6.07, 6.45) is 2.04. The highest BCUT2D eigenvalue weighted by Crippen LogP contribution is 2.36. The van der Waals surface area contributed by atoms with Gasteiger partial charge in [-0.3, -0.25) is 4.72 Å². The van der Waals surface area contributed by atoms with E-state index in [0.717, 1.165) is 26.8 Å². The van der Waals surface area contributed by atoms with E-state index in [1.807, 2.05) is 39.1 Å². The van der Waals surface area contributed by atoms with Crippen molar-refractivity contribution in [2.75, 3.05) is 0 Å². The molecule has 7 heteroatoms. The number of rotatable bonds is 4. The second-order valence-electron chi connectivity index (χ2n) is 8.56. The van der Waals surface area contributed by atoms with Crippen LogP contribution in [-0.2, 0) is 10.0 Å². The molecule has 0 aliphatic carbocycles. The predicted octanol–water partition coefficient (Wildman–Crippen LogP) is 5.39. The maximum Gasteiger partial charge on any atom is 0.263 e. The number of sulfonamides is 1. The van der Waals surface area contributed by atoms with E-state index in [9.17, 15) is 8.42 Å². The van der Waals surface area contributed by atoms with Gasteiger partial charge in [-0.15, -0.1) is 11.3 Å². The number of fused-ring (bicyclic) bond motifs is 1. The SMILES string of the molecule is Cc1ccc(S(=O)(=O)NC2=NC(C)(C)N(C(C)C)C=C2c2csc3ccccc23)cc1. The van der Waals surface area contributed by atoms with Gasteiger partial charge in [0, 0.05) is 33.5 Å². The van der Waals surface area contributed by atoms with Crippen molar-refractivity contribution >= 4 is 42.9 Å². The van der Waals surface area contributed by atoms with Crippen LogP contribution in [0, 0.1) is 6.92 Å². The van der Waals surface area contributed by atoms with E-state index in [1.54, 1.807) is 35.6 Å². The standard InChI is InChI=1S/C24H27N3O2S2/c1-16(2)27-14-20(21-15-30-22-9-7-6-8-19(21)22)23(25-24(27,4)5)26-31(28,29)18-12-10-17(3)11-13-18/h6-16H,1-5H3,(H,25,26).